The Hall–Kier alpha value is -0.570. The molecule has 1 aromatic carbocycles. The second-order valence-corrected chi connectivity index (χ2v) is 4.95. The lowest BCUT2D eigenvalue weighted by Gasteiger charge is -2.35. The molecule has 2 rings (SSSR count). The molecule has 2 N–H and O–H groups in total. The highest BCUT2D eigenvalue weighted by atomic mass is 35.5. The van der Waals surface area contributed by atoms with E-state index in [2.05, 4.69) is 5.32 Å². The van der Waals surface area contributed by atoms with Crippen LogP contribution >= 0.6 is 11.6 Å². The third-order valence-corrected chi connectivity index (χ3v) is 3.22. The minimum atomic E-state index is -0.546. The summed E-state index contributed by atoms with van der Waals surface area (Å²) in [7, 11) is 0. The van der Waals surface area contributed by atoms with Gasteiger partial charge in [0, 0.05) is 11.1 Å². The SMILES string of the molecule is CC1(O)CCNC(c2ccc(Cl)cc2)C1. The summed E-state index contributed by atoms with van der Waals surface area (Å²) in [6.45, 7) is 2.76. The molecule has 2 nitrogen and oxygen atoms in total. The molecule has 0 spiro atoms. The van der Waals surface area contributed by atoms with Gasteiger partial charge in [0.25, 0.3) is 0 Å². The van der Waals surface area contributed by atoms with Crippen LogP contribution in [0.3, 0.4) is 0 Å². The summed E-state index contributed by atoms with van der Waals surface area (Å²) in [5.41, 5.74) is 0.648. The van der Waals surface area contributed by atoms with Crippen molar-refractivity contribution in [1.29, 1.82) is 0 Å². The maximum atomic E-state index is 9.99. The molecule has 2 atom stereocenters. The molecular weight excluding hydrogens is 210 g/mol. The Bertz CT molecular complexity index is 334. The minimum Gasteiger partial charge on any atom is -0.390 e. The van der Waals surface area contributed by atoms with E-state index in [4.69, 9.17) is 11.6 Å². The maximum Gasteiger partial charge on any atom is 0.0650 e. The number of piperidine rings is 1. The molecule has 1 aliphatic rings. The van der Waals surface area contributed by atoms with Gasteiger partial charge in [-0.05, 0) is 44.0 Å². The van der Waals surface area contributed by atoms with Gasteiger partial charge in [0.15, 0.2) is 0 Å². The van der Waals surface area contributed by atoms with Gasteiger partial charge in [-0.1, -0.05) is 23.7 Å². The Morgan fingerprint density at radius 1 is 1.40 bits per heavy atom. The Labute approximate surface area is 95.3 Å². The number of halogens is 1. The molecule has 0 radical (unpaired) electrons. The van der Waals surface area contributed by atoms with Crippen LogP contribution in [-0.4, -0.2) is 17.3 Å². The van der Waals surface area contributed by atoms with Gasteiger partial charge in [-0.3, -0.25) is 0 Å². The topological polar surface area (TPSA) is 32.3 Å². The second kappa shape index (κ2) is 4.12. The lowest BCUT2D eigenvalue weighted by molar-refractivity contribution is 0.0132. The van der Waals surface area contributed by atoms with Crippen molar-refractivity contribution >= 4 is 11.6 Å². The highest BCUT2D eigenvalue weighted by Crippen LogP contribution is 2.30. The quantitative estimate of drug-likeness (QED) is 0.770. The van der Waals surface area contributed by atoms with E-state index >= 15 is 0 Å². The Balaban J connectivity index is 2.13. The Morgan fingerprint density at radius 2 is 2.07 bits per heavy atom. The van der Waals surface area contributed by atoms with E-state index in [9.17, 15) is 5.11 Å². The van der Waals surface area contributed by atoms with Gasteiger partial charge in [0.1, 0.15) is 0 Å². The zero-order valence-electron chi connectivity index (χ0n) is 8.83. The summed E-state index contributed by atoms with van der Waals surface area (Å²) < 4.78 is 0. The molecule has 3 heteroatoms. The molecule has 1 fully saturated rings. The smallest absolute Gasteiger partial charge is 0.0650 e. The molecule has 2 unspecified atom stereocenters. The first-order chi connectivity index (χ1) is 7.07. The zero-order valence-corrected chi connectivity index (χ0v) is 9.59. The minimum absolute atomic E-state index is 0.242. The molecule has 1 saturated heterocycles. The van der Waals surface area contributed by atoms with Crippen molar-refractivity contribution in [3.8, 4) is 0 Å². The van der Waals surface area contributed by atoms with Gasteiger partial charge in [0.05, 0.1) is 5.60 Å². The van der Waals surface area contributed by atoms with Crippen LogP contribution in [0, 0.1) is 0 Å². The summed E-state index contributed by atoms with van der Waals surface area (Å²) in [5.74, 6) is 0. The molecule has 0 aromatic heterocycles. The molecule has 0 bridgehead atoms. The average molecular weight is 226 g/mol. The van der Waals surface area contributed by atoms with Gasteiger partial charge in [0.2, 0.25) is 0 Å². The van der Waals surface area contributed by atoms with E-state index in [1.54, 1.807) is 0 Å². The molecule has 82 valence electrons. The number of rotatable bonds is 1. The molecule has 1 aliphatic heterocycles. The van der Waals surface area contributed by atoms with Crippen molar-refractivity contribution in [1.82, 2.24) is 5.32 Å². The van der Waals surface area contributed by atoms with Crippen LogP contribution in [0.2, 0.25) is 5.02 Å². The van der Waals surface area contributed by atoms with Crippen LogP contribution in [0.15, 0.2) is 24.3 Å². The normalized spacial score (nSPS) is 31.5. The van der Waals surface area contributed by atoms with Crippen LogP contribution in [0.4, 0.5) is 0 Å². The first kappa shape index (κ1) is 10.9. The standard InChI is InChI=1S/C12H16ClNO/c1-12(15)6-7-14-11(8-12)9-2-4-10(13)5-3-9/h2-5,11,14-15H,6-8H2,1H3. The highest BCUT2D eigenvalue weighted by molar-refractivity contribution is 6.30. The fourth-order valence-corrected chi connectivity index (χ4v) is 2.19. The predicted molar refractivity (Wildman–Crippen MR) is 62.1 cm³/mol. The fourth-order valence-electron chi connectivity index (χ4n) is 2.06. The van der Waals surface area contributed by atoms with Crippen molar-refractivity contribution in [2.24, 2.45) is 0 Å². The van der Waals surface area contributed by atoms with Crippen LogP contribution < -0.4 is 5.32 Å². The van der Waals surface area contributed by atoms with Gasteiger partial charge in [-0.15, -0.1) is 0 Å². The van der Waals surface area contributed by atoms with Crippen LogP contribution in [0.1, 0.15) is 31.4 Å². The Kier molecular flexibility index (Phi) is 3.01. The van der Waals surface area contributed by atoms with Gasteiger partial charge in [-0.25, -0.2) is 0 Å². The van der Waals surface area contributed by atoms with E-state index in [0.717, 1.165) is 24.4 Å². The van der Waals surface area contributed by atoms with Crippen LogP contribution in [0.5, 0.6) is 0 Å². The van der Waals surface area contributed by atoms with Gasteiger partial charge >= 0.3 is 0 Å². The number of hydrogen-bond acceptors (Lipinski definition) is 2. The first-order valence-electron chi connectivity index (χ1n) is 5.28. The number of hydrogen-bond donors (Lipinski definition) is 2. The number of nitrogens with one attached hydrogen (secondary N) is 1. The third kappa shape index (κ3) is 2.71. The second-order valence-electron chi connectivity index (χ2n) is 4.51. The largest absolute Gasteiger partial charge is 0.390 e. The van der Waals surface area contributed by atoms with E-state index in [1.165, 1.54) is 5.56 Å². The van der Waals surface area contributed by atoms with E-state index in [0.29, 0.717) is 0 Å². The summed E-state index contributed by atoms with van der Waals surface area (Å²) >= 11 is 5.84. The van der Waals surface area contributed by atoms with Crippen LogP contribution in [-0.2, 0) is 0 Å². The fraction of sp³-hybridized carbons (Fsp3) is 0.500. The van der Waals surface area contributed by atoms with Crippen molar-refractivity contribution in [3.63, 3.8) is 0 Å². The lowest BCUT2D eigenvalue weighted by Crippen LogP contribution is -2.41. The summed E-state index contributed by atoms with van der Waals surface area (Å²) in [6.07, 6.45) is 1.58. The lowest BCUT2D eigenvalue weighted by atomic mass is 9.86. The average Bonchev–Trinajstić information content (AvgIpc) is 2.17. The molecule has 1 heterocycles. The van der Waals surface area contributed by atoms with Crippen molar-refractivity contribution < 1.29 is 5.11 Å². The van der Waals surface area contributed by atoms with Gasteiger partial charge in [-0.2, -0.15) is 0 Å². The molecule has 1 aromatic rings. The molecule has 0 amide bonds. The van der Waals surface area contributed by atoms with Crippen molar-refractivity contribution in [2.75, 3.05) is 6.54 Å². The van der Waals surface area contributed by atoms with Crippen molar-refractivity contribution in [2.45, 2.75) is 31.4 Å². The predicted octanol–water partition coefficient (Wildman–Crippen LogP) is 2.52. The number of aliphatic hydroxyl groups is 1. The van der Waals surface area contributed by atoms with E-state index in [-0.39, 0.29) is 6.04 Å². The molecule has 0 saturated carbocycles. The molecule has 15 heavy (non-hydrogen) atoms. The first-order valence-corrected chi connectivity index (χ1v) is 5.66. The summed E-state index contributed by atoms with van der Waals surface area (Å²) in [6, 6.07) is 8.05. The van der Waals surface area contributed by atoms with Gasteiger partial charge < -0.3 is 10.4 Å². The Morgan fingerprint density at radius 3 is 2.67 bits per heavy atom. The summed E-state index contributed by atoms with van der Waals surface area (Å²) in [5, 5.41) is 14.2. The monoisotopic (exact) mass is 225 g/mol. The zero-order chi connectivity index (χ0) is 10.9. The van der Waals surface area contributed by atoms with E-state index in [1.807, 2.05) is 31.2 Å². The summed E-state index contributed by atoms with van der Waals surface area (Å²) in [4.78, 5) is 0. The van der Waals surface area contributed by atoms with Crippen molar-refractivity contribution in [3.05, 3.63) is 34.9 Å². The van der Waals surface area contributed by atoms with E-state index < -0.39 is 5.60 Å². The molecule has 0 aliphatic carbocycles. The third-order valence-electron chi connectivity index (χ3n) is 2.97. The van der Waals surface area contributed by atoms with Crippen LogP contribution in [0.25, 0.3) is 0 Å². The molecular formula is C12H16ClNO. The maximum absolute atomic E-state index is 9.99. The highest BCUT2D eigenvalue weighted by Gasteiger charge is 2.30. The number of benzene rings is 1.